The molecule has 33 heavy (non-hydrogen) atoms. The first kappa shape index (κ1) is 21.4. The Hall–Kier alpha value is -3.46. The number of carbonyl (C=O) groups excluding carboxylic acids is 1. The molecule has 4 heterocycles. The Kier molecular flexibility index (Phi) is 5.95. The molecule has 0 saturated carbocycles. The summed E-state index contributed by atoms with van der Waals surface area (Å²) in [7, 11) is 1.63. The molecule has 0 radical (unpaired) electrons. The molecule has 1 unspecified atom stereocenters. The van der Waals surface area contributed by atoms with Gasteiger partial charge in [-0.1, -0.05) is 12.1 Å². The number of rotatable bonds is 5. The van der Waals surface area contributed by atoms with Crippen molar-refractivity contribution in [2.45, 2.75) is 37.4 Å². The lowest BCUT2D eigenvalue weighted by Crippen LogP contribution is -2.52. The SMILES string of the molecule is COc1cccc(-c2cc(C(=O)N3CCC4(CC3)CC(Oc3cnccn3)CCO4)[nH]n2)c1. The van der Waals surface area contributed by atoms with Crippen LogP contribution < -0.4 is 9.47 Å². The molecule has 2 aliphatic rings. The minimum Gasteiger partial charge on any atom is -0.497 e. The molecule has 1 amide bonds. The molecule has 2 aromatic heterocycles. The van der Waals surface area contributed by atoms with Crippen molar-refractivity contribution in [1.29, 1.82) is 0 Å². The monoisotopic (exact) mass is 449 g/mol. The molecule has 9 nitrogen and oxygen atoms in total. The Balaban J connectivity index is 1.20. The van der Waals surface area contributed by atoms with E-state index >= 15 is 0 Å². The normalized spacial score (nSPS) is 19.9. The van der Waals surface area contributed by atoms with Gasteiger partial charge in [0.1, 0.15) is 17.5 Å². The van der Waals surface area contributed by atoms with Gasteiger partial charge in [0.2, 0.25) is 5.88 Å². The summed E-state index contributed by atoms with van der Waals surface area (Å²) in [6.07, 6.45) is 8.08. The van der Waals surface area contributed by atoms with E-state index in [9.17, 15) is 4.79 Å². The van der Waals surface area contributed by atoms with Gasteiger partial charge in [0.25, 0.3) is 5.91 Å². The second kappa shape index (κ2) is 9.19. The van der Waals surface area contributed by atoms with Crippen LogP contribution in [-0.4, -0.2) is 69.5 Å². The summed E-state index contributed by atoms with van der Waals surface area (Å²) in [4.78, 5) is 23.2. The van der Waals surface area contributed by atoms with Crippen molar-refractivity contribution in [3.8, 4) is 22.9 Å². The number of nitrogens with one attached hydrogen (secondary N) is 1. The topological polar surface area (TPSA) is 102 Å². The minimum absolute atomic E-state index is 0.0377. The molecule has 1 atom stereocenters. The van der Waals surface area contributed by atoms with Crippen LogP contribution in [0.25, 0.3) is 11.3 Å². The summed E-state index contributed by atoms with van der Waals surface area (Å²) in [5.74, 6) is 1.24. The number of nitrogens with zero attached hydrogens (tertiary/aromatic N) is 4. The molecule has 1 aromatic carbocycles. The number of carbonyl (C=O) groups is 1. The molecular weight excluding hydrogens is 422 g/mol. The number of methoxy groups -OCH3 is 1. The van der Waals surface area contributed by atoms with Gasteiger partial charge in [-0.25, -0.2) is 4.98 Å². The number of H-pyrrole nitrogens is 1. The minimum atomic E-state index is -0.262. The van der Waals surface area contributed by atoms with E-state index in [4.69, 9.17) is 14.2 Å². The molecule has 1 spiro atoms. The zero-order chi connectivity index (χ0) is 22.7. The van der Waals surface area contributed by atoms with Crippen LogP contribution in [0, 0.1) is 0 Å². The predicted octanol–water partition coefficient (Wildman–Crippen LogP) is 3.11. The van der Waals surface area contributed by atoms with Gasteiger partial charge >= 0.3 is 0 Å². The van der Waals surface area contributed by atoms with Crippen LogP contribution >= 0.6 is 0 Å². The summed E-state index contributed by atoms with van der Waals surface area (Å²) >= 11 is 0. The van der Waals surface area contributed by atoms with E-state index in [1.165, 1.54) is 0 Å². The highest BCUT2D eigenvalue weighted by Gasteiger charge is 2.42. The number of hydrogen-bond donors (Lipinski definition) is 1. The average molecular weight is 450 g/mol. The smallest absolute Gasteiger partial charge is 0.271 e. The van der Waals surface area contributed by atoms with Gasteiger partial charge in [-0.2, -0.15) is 5.10 Å². The highest BCUT2D eigenvalue weighted by Crippen LogP contribution is 2.36. The van der Waals surface area contributed by atoms with Crippen molar-refractivity contribution >= 4 is 5.91 Å². The van der Waals surface area contributed by atoms with Crippen LogP contribution in [-0.2, 0) is 4.74 Å². The van der Waals surface area contributed by atoms with Crippen LogP contribution in [0.3, 0.4) is 0 Å². The van der Waals surface area contributed by atoms with Gasteiger partial charge in [-0.3, -0.25) is 14.9 Å². The van der Waals surface area contributed by atoms with Gasteiger partial charge < -0.3 is 19.1 Å². The number of aromatic amines is 1. The maximum Gasteiger partial charge on any atom is 0.271 e. The largest absolute Gasteiger partial charge is 0.497 e. The first-order chi connectivity index (χ1) is 16.1. The lowest BCUT2D eigenvalue weighted by molar-refractivity contribution is -0.135. The van der Waals surface area contributed by atoms with E-state index < -0.39 is 0 Å². The number of ether oxygens (including phenoxy) is 3. The van der Waals surface area contributed by atoms with Gasteiger partial charge in [-0.05, 0) is 31.0 Å². The molecule has 1 N–H and O–H groups in total. The third kappa shape index (κ3) is 4.68. The molecule has 9 heteroatoms. The van der Waals surface area contributed by atoms with Crippen LogP contribution in [0.4, 0.5) is 0 Å². The third-order valence-corrected chi connectivity index (χ3v) is 6.41. The fraction of sp³-hybridized carbons (Fsp3) is 0.417. The van der Waals surface area contributed by atoms with Gasteiger partial charge in [0.05, 0.1) is 31.2 Å². The lowest BCUT2D eigenvalue weighted by Gasteiger charge is -2.45. The zero-order valence-corrected chi connectivity index (χ0v) is 18.6. The Morgan fingerprint density at radius 2 is 2.12 bits per heavy atom. The van der Waals surface area contributed by atoms with Crippen LogP contribution in [0.5, 0.6) is 11.6 Å². The molecule has 0 aliphatic carbocycles. The molecular formula is C24H27N5O4. The van der Waals surface area contributed by atoms with E-state index in [0.29, 0.717) is 37.0 Å². The van der Waals surface area contributed by atoms with Crippen LogP contribution in [0.15, 0.2) is 48.9 Å². The maximum absolute atomic E-state index is 13.1. The van der Waals surface area contributed by atoms with E-state index in [-0.39, 0.29) is 17.6 Å². The van der Waals surface area contributed by atoms with Crippen LogP contribution in [0.2, 0.25) is 0 Å². The number of aromatic nitrogens is 4. The van der Waals surface area contributed by atoms with E-state index in [1.54, 1.807) is 31.8 Å². The fourth-order valence-electron chi connectivity index (χ4n) is 4.60. The summed E-state index contributed by atoms with van der Waals surface area (Å²) in [6.45, 7) is 1.90. The third-order valence-electron chi connectivity index (χ3n) is 6.41. The van der Waals surface area contributed by atoms with Gasteiger partial charge in [0, 0.05) is 43.9 Å². The molecule has 2 fully saturated rings. The molecule has 0 bridgehead atoms. The van der Waals surface area contributed by atoms with Gasteiger partial charge in [0.15, 0.2) is 0 Å². The quantitative estimate of drug-likeness (QED) is 0.638. The number of amides is 1. The second-order valence-electron chi connectivity index (χ2n) is 8.50. The summed E-state index contributed by atoms with van der Waals surface area (Å²) < 4.78 is 17.5. The van der Waals surface area contributed by atoms with Crippen molar-refractivity contribution < 1.29 is 19.0 Å². The van der Waals surface area contributed by atoms with E-state index in [1.807, 2.05) is 29.2 Å². The van der Waals surface area contributed by atoms with E-state index in [2.05, 4.69) is 20.2 Å². The first-order valence-electron chi connectivity index (χ1n) is 11.2. The maximum atomic E-state index is 13.1. The van der Waals surface area contributed by atoms with Crippen molar-refractivity contribution in [1.82, 2.24) is 25.1 Å². The lowest BCUT2D eigenvalue weighted by atomic mass is 9.83. The summed E-state index contributed by atoms with van der Waals surface area (Å²) in [5.41, 5.74) is 1.83. The average Bonchev–Trinajstić information content (AvgIpc) is 3.35. The predicted molar refractivity (Wildman–Crippen MR) is 120 cm³/mol. The standard InChI is InChI=1S/C24H27N5O4/c1-31-18-4-2-3-17(13-18)20-14-21(28-27-20)23(30)29-10-6-24(7-11-29)15-19(5-12-32-24)33-22-16-25-8-9-26-22/h2-4,8-9,13-14,16,19H,5-7,10-12,15H2,1H3,(H,27,28). The molecule has 172 valence electrons. The Morgan fingerprint density at radius 3 is 2.91 bits per heavy atom. The number of likely N-dealkylation sites (tertiary alicyclic amines) is 1. The Bertz CT molecular complexity index is 1090. The summed E-state index contributed by atoms with van der Waals surface area (Å²) in [6, 6.07) is 9.41. The number of piperidine rings is 1. The Morgan fingerprint density at radius 1 is 1.24 bits per heavy atom. The second-order valence-corrected chi connectivity index (χ2v) is 8.50. The molecule has 2 saturated heterocycles. The first-order valence-corrected chi connectivity index (χ1v) is 11.2. The highest BCUT2D eigenvalue weighted by molar-refractivity contribution is 5.93. The highest BCUT2D eigenvalue weighted by atomic mass is 16.5. The van der Waals surface area contributed by atoms with Crippen molar-refractivity contribution in [3.05, 3.63) is 54.6 Å². The number of hydrogen-bond acceptors (Lipinski definition) is 7. The van der Waals surface area contributed by atoms with Crippen molar-refractivity contribution in [2.75, 3.05) is 26.8 Å². The summed E-state index contributed by atoms with van der Waals surface area (Å²) in [5, 5.41) is 7.23. The number of benzene rings is 1. The van der Waals surface area contributed by atoms with Gasteiger partial charge in [-0.15, -0.1) is 0 Å². The Labute approximate surface area is 192 Å². The van der Waals surface area contributed by atoms with Crippen LogP contribution in [0.1, 0.15) is 36.2 Å². The molecule has 3 aromatic rings. The van der Waals surface area contributed by atoms with Crippen molar-refractivity contribution in [2.24, 2.45) is 0 Å². The zero-order valence-electron chi connectivity index (χ0n) is 18.6. The van der Waals surface area contributed by atoms with E-state index in [0.717, 1.165) is 37.0 Å². The molecule has 5 rings (SSSR count). The molecule has 2 aliphatic heterocycles. The fourth-order valence-corrected chi connectivity index (χ4v) is 4.60. The van der Waals surface area contributed by atoms with Crippen molar-refractivity contribution in [3.63, 3.8) is 0 Å².